The summed E-state index contributed by atoms with van der Waals surface area (Å²) in [5.41, 5.74) is 0.260. The zero-order valence-electron chi connectivity index (χ0n) is 22.1. The normalized spacial score (nSPS) is 18.0. The van der Waals surface area contributed by atoms with Gasteiger partial charge in [-0.15, -0.1) is 0 Å². The van der Waals surface area contributed by atoms with Crippen molar-refractivity contribution in [2.75, 3.05) is 27.4 Å². The molecule has 8 nitrogen and oxygen atoms in total. The summed E-state index contributed by atoms with van der Waals surface area (Å²) in [7, 11) is 3.05. The number of methoxy groups -OCH3 is 2. The third kappa shape index (κ3) is 6.22. The van der Waals surface area contributed by atoms with Gasteiger partial charge in [-0.1, -0.05) is 41.9 Å². The van der Waals surface area contributed by atoms with E-state index in [0.717, 1.165) is 24.0 Å². The monoisotopic (exact) mass is 566 g/mol. The molecule has 0 bridgehead atoms. The molecule has 11 heteroatoms. The second-order valence-corrected chi connectivity index (χ2v) is 10.5. The number of urea groups is 1. The van der Waals surface area contributed by atoms with Crippen LogP contribution in [-0.2, 0) is 16.1 Å². The number of carboxylic acid groups (broad SMARTS) is 1. The lowest BCUT2D eigenvalue weighted by atomic mass is 9.73. The second kappa shape index (κ2) is 11.6. The zero-order valence-corrected chi connectivity index (χ0v) is 22.9. The minimum atomic E-state index is -3.16. The van der Waals surface area contributed by atoms with Gasteiger partial charge >= 0.3 is 12.0 Å². The van der Waals surface area contributed by atoms with E-state index < -0.39 is 42.3 Å². The molecular formula is C28H33ClF2N2O6. The van der Waals surface area contributed by atoms with Crippen LogP contribution in [0.5, 0.6) is 11.5 Å². The number of benzene rings is 2. The van der Waals surface area contributed by atoms with Gasteiger partial charge in [0.05, 0.1) is 38.5 Å². The van der Waals surface area contributed by atoms with E-state index in [2.05, 4.69) is 5.32 Å². The highest BCUT2D eigenvalue weighted by atomic mass is 35.5. The van der Waals surface area contributed by atoms with Crippen LogP contribution in [0.2, 0.25) is 5.02 Å². The molecule has 0 unspecified atom stereocenters. The Kier molecular flexibility index (Phi) is 8.56. The molecule has 0 aromatic heterocycles. The molecule has 2 amide bonds. The summed E-state index contributed by atoms with van der Waals surface area (Å²) in [6.45, 7) is 2.16. The third-order valence-electron chi connectivity index (χ3n) is 7.30. The number of halogens is 3. The van der Waals surface area contributed by atoms with Crippen molar-refractivity contribution in [1.29, 1.82) is 0 Å². The summed E-state index contributed by atoms with van der Waals surface area (Å²) in [6, 6.07) is 9.69. The third-order valence-corrected chi connectivity index (χ3v) is 7.69. The number of nitrogens with one attached hydrogen (secondary N) is 1. The Bertz CT molecular complexity index is 1200. The number of nitrogens with zero attached hydrogens (tertiary/aromatic N) is 1. The largest absolute Gasteiger partial charge is 0.496 e. The van der Waals surface area contributed by atoms with Crippen molar-refractivity contribution >= 4 is 23.6 Å². The highest BCUT2D eigenvalue weighted by Gasteiger charge is 2.62. The van der Waals surface area contributed by atoms with Gasteiger partial charge in [0, 0.05) is 30.5 Å². The van der Waals surface area contributed by atoms with E-state index in [9.17, 15) is 23.5 Å². The van der Waals surface area contributed by atoms with Crippen LogP contribution < -0.4 is 14.8 Å². The Labute approximate surface area is 231 Å². The Morgan fingerprint density at radius 2 is 1.85 bits per heavy atom. The lowest BCUT2D eigenvalue weighted by molar-refractivity contribution is -0.175. The molecule has 0 spiro atoms. The van der Waals surface area contributed by atoms with Crippen molar-refractivity contribution in [2.24, 2.45) is 0 Å². The van der Waals surface area contributed by atoms with Crippen molar-refractivity contribution in [3.63, 3.8) is 0 Å². The number of hydrogen-bond acceptors (Lipinski definition) is 5. The predicted molar refractivity (Wildman–Crippen MR) is 141 cm³/mol. The van der Waals surface area contributed by atoms with E-state index in [4.69, 9.17) is 25.8 Å². The van der Waals surface area contributed by atoms with E-state index in [1.165, 1.54) is 19.1 Å². The topological polar surface area (TPSA) is 97.3 Å². The van der Waals surface area contributed by atoms with Crippen LogP contribution in [0.1, 0.15) is 61.3 Å². The number of alkyl halides is 2. The summed E-state index contributed by atoms with van der Waals surface area (Å²) in [6.07, 6.45) is -0.00114. The Balaban J connectivity index is 1.60. The van der Waals surface area contributed by atoms with Gasteiger partial charge < -0.3 is 29.5 Å². The number of carbonyl (C=O) groups excluding carboxylic acids is 1. The van der Waals surface area contributed by atoms with Crippen LogP contribution in [0, 0.1) is 0 Å². The molecule has 0 aliphatic heterocycles. The van der Waals surface area contributed by atoms with Gasteiger partial charge in [0.1, 0.15) is 11.5 Å². The maximum absolute atomic E-state index is 13.7. The first-order valence-electron chi connectivity index (χ1n) is 12.8. The molecule has 0 radical (unpaired) electrons. The van der Waals surface area contributed by atoms with Crippen molar-refractivity contribution in [3.05, 3.63) is 58.1 Å². The fraction of sp³-hybridized carbons (Fsp3) is 0.500. The summed E-state index contributed by atoms with van der Waals surface area (Å²) in [5, 5.41) is 12.3. The van der Waals surface area contributed by atoms with E-state index in [0.29, 0.717) is 28.7 Å². The number of hydrogen-bond donors (Lipinski definition) is 2. The van der Waals surface area contributed by atoms with Gasteiger partial charge in [0.15, 0.2) is 5.54 Å². The van der Waals surface area contributed by atoms with E-state index in [-0.39, 0.29) is 19.1 Å². The van der Waals surface area contributed by atoms with Gasteiger partial charge in [-0.2, -0.15) is 0 Å². The first-order valence-corrected chi connectivity index (χ1v) is 13.2. The van der Waals surface area contributed by atoms with Crippen LogP contribution in [-0.4, -0.2) is 60.8 Å². The predicted octanol–water partition coefficient (Wildman–Crippen LogP) is 5.78. The molecule has 2 aliphatic rings. The van der Waals surface area contributed by atoms with Crippen molar-refractivity contribution in [2.45, 2.75) is 62.6 Å². The summed E-state index contributed by atoms with van der Waals surface area (Å²) in [4.78, 5) is 26.7. The molecule has 2 fully saturated rings. The average Bonchev–Trinajstić information content (AvgIpc) is 3.72. The number of ether oxygens (including phenoxy) is 3. The smallest absolute Gasteiger partial charge is 0.329 e. The lowest BCUT2D eigenvalue weighted by Gasteiger charge is -2.45. The van der Waals surface area contributed by atoms with E-state index in [1.807, 2.05) is 30.3 Å². The van der Waals surface area contributed by atoms with Crippen LogP contribution >= 0.6 is 11.6 Å². The van der Waals surface area contributed by atoms with Gasteiger partial charge in [-0.05, 0) is 37.3 Å². The minimum Gasteiger partial charge on any atom is -0.496 e. The summed E-state index contributed by atoms with van der Waals surface area (Å²) in [5.74, 6) is -3.38. The molecule has 0 saturated heterocycles. The Morgan fingerprint density at radius 3 is 2.38 bits per heavy atom. The van der Waals surface area contributed by atoms with Gasteiger partial charge in [-0.25, -0.2) is 18.4 Å². The van der Waals surface area contributed by atoms with E-state index in [1.54, 1.807) is 13.0 Å². The second-order valence-electron chi connectivity index (χ2n) is 10.1. The molecule has 1 atom stereocenters. The number of amides is 2. The van der Waals surface area contributed by atoms with Crippen LogP contribution in [0.3, 0.4) is 0 Å². The molecule has 0 heterocycles. The zero-order chi connectivity index (χ0) is 28.4. The van der Waals surface area contributed by atoms with Crippen LogP contribution in [0.4, 0.5) is 13.6 Å². The fourth-order valence-electron chi connectivity index (χ4n) is 5.04. The molecule has 2 saturated carbocycles. The highest BCUT2D eigenvalue weighted by molar-refractivity contribution is 6.33. The molecule has 212 valence electrons. The number of carboxylic acids is 1. The molecular weight excluding hydrogens is 534 g/mol. The van der Waals surface area contributed by atoms with Crippen LogP contribution in [0.15, 0.2) is 36.4 Å². The molecule has 4 rings (SSSR count). The Morgan fingerprint density at radius 1 is 1.18 bits per heavy atom. The van der Waals surface area contributed by atoms with Gasteiger partial charge in [-0.3, -0.25) is 0 Å². The molecule has 2 aromatic carbocycles. The maximum atomic E-state index is 13.7. The van der Waals surface area contributed by atoms with Crippen molar-refractivity contribution in [1.82, 2.24) is 10.2 Å². The number of rotatable bonds is 12. The molecule has 2 aliphatic carbocycles. The first kappa shape index (κ1) is 28.9. The average molecular weight is 567 g/mol. The number of aliphatic carboxylic acids is 1. The van der Waals surface area contributed by atoms with Gasteiger partial charge in [0.2, 0.25) is 0 Å². The van der Waals surface area contributed by atoms with Crippen molar-refractivity contribution < 1.29 is 37.7 Å². The first-order chi connectivity index (χ1) is 18.5. The lowest BCUT2D eigenvalue weighted by Crippen LogP contribution is -2.68. The maximum Gasteiger partial charge on any atom is 0.329 e. The number of carbonyl (C=O) groups is 2. The summed E-state index contributed by atoms with van der Waals surface area (Å²) < 4.78 is 44.5. The minimum absolute atomic E-state index is 0.0390. The summed E-state index contributed by atoms with van der Waals surface area (Å²) >= 11 is 6.80. The molecule has 2 aromatic rings. The van der Waals surface area contributed by atoms with Crippen molar-refractivity contribution in [3.8, 4) is 11.5 Å². The standard InChI is InChI=1S/C28H33ClF2N2O6/c1-17(20-13-21(37-2)22(19-9-10-19)24(38-3)23(20)29)33(11-12-39-14-18-7-5-4-6-8-18)26(36)32-27(25(34)35)15-28(30,31)16-27/h4-8,13,17,19H,9-12,14-16H2,1-3H3,(H,32,36)(H,34,35)/t17-/m1/s1. The SMILES string of the molecule is COc1cc([C@@H](C)N(CCOCc2ccccc2)C(=O)NC2(C(=O)O)CC(F)(F)C2)c(Cl)c(OC)c1C1CC1. The van der Waals surface area contributed by atoms with Gasteiger partial charge in [0.25, 0.3) is 5.92 Å². The highest BCUT2D eigenvalue weighted by Crippen LogP contribution is 2.53. The fourth-order valence-corrected chi connectivity index (χ4v) is 5.43. The molecule has 39 heavy (non-hydrogen) atoms. The molecule has 2 N–H and O–H groups in total. The van der Waals surface area contributed by atoms with E-state index >= 15 is 0 Å². The van der Waals surface area contributed by atoms with Crippen LogP contribution in [0.25, 0.3) is 0 Å². The Hall–Kier alpha value is -3.11. The quantitative estimate of drug-likeness (QED) is 0.316.